The van der Waals surface area contributed by atoms with Crippen LogP contribution < -0.4 is 10.6 Å². The van der Waals surface area contributed by atoms with E-state index in [1.54, 1.807) is 59.1 Å². The third kappa shape index (κ3) is 11.2. The zero-order chi connectivity index (χ0) is 39.6. The highest BCUT2D eigenvalue weighted by Gasteiger charge is 2.30. The predicted octanol–water partition coefficient (Wildman–Crippen LogP) is 7.71. The van der Waals surface area contributed by atoms with Crippen LogP contribution in [0.3, 0.4) is 0 Å². The molecule has 0 bridgehead atoms. The minimum atomic E-state index is -1.46. The van der Waals surface area contributed by atoms with Gasteiger partial charge in [0.25, 0.3) is 5.91 Å². The number of hydrogen-bond donors (Lipinski definition) is 4. The van der Waals surface area contributed by atoms with Crippen molar-refractivity contribution in [2.45, 2.75) is 52.0 Å². The molecule has 0 aliphatic rings. The number of carboxylic acid groups (broad SMARTS) is 2. The lowest BCUT2D eigenvalue weighted by Gasteiger charge is -2.21. The van der Waals surface area contributed by atoms with Crippen molar-refractivity contribution in [3.63, 3.8) is 0 Å². The number of thiophene rings is 4. The first-order valence-electron chi connectivity index (χ1n) is 17.4. The summed E-state index contributed by atoms with van der Waals surface area (Å²) in [4.78, 5) is 94.4. The Morgan fingerprint density at radius 3 is 1.73 bits per heavy atom. The molecule has 1 aromatic carbocycles. The van der Waals surface area contributed by atoms with Crippen molar-refractivity contribution in [2.75, 3.05) is 6.54 Å². The molecule has 286 valence electrons. The van der Waals surface area contributed by atoms with E-state index in [4.69, 9.17) is 5.11 Å². The third-order valence-electron chi connectivity index (χ3n) is 8.61. The molecule has 4 N–H and O–H groups in total. The summed E-state index contributed by atoms with van der Waals surface area (Å²) in [6, 6.07) is 23.2. The first-order valence-corrected chi connectivity index (χ1v) is 20.6. The van der Waals surface area contributed by atoms with Crippen LogP contribution in [0.4, 0.5) is 0 Å². The monoisotopic (exact) mass is 818 g/mol. The van der Waals surface area contributed by atoms with Gasteiger partial charge in [0.05, 0.1) is 34.7 Å². The van der Waals surface area contributed by atoms with Crippen LogP contribution in [-0.4, -0.2) is 63.9 Å². The maximum absolute atomic E-state index is 13.2. The molecule has 0 saturated carbocycles. The van der Waals surface area contributed by atoms with E-state index in [9.17, 15) is 38.7 Å². The van der Waals surface area contributed by atoms with Crippen molar-refractivity contribution in [2.24, 2.45) is 11.8 Å². The Morgan fingerprint density at radius 2 is 1.18 bits per heavy atom. The molecule has 0 spiro atoms. The lowest BCUT2D eigenvalue weighted by molar-refractivity contribution is -0.149. The molecule has 11 nitrogen and oxygen atoms in total. The molecule has 5 rings (SSSR count). The number of carboxylic acids is 2. The van der Waals surface area contributed by atoms with Crippen LogP contribution in [0, 0.1) is 11.8 Å². The third-order valence-corrected chi connectivity index (χ3v) is 13.6. The summed E-state index contributed by atoms with van der Waals surface area (Å²) in [6.07, 6.45) is -1.04. The largest absolute Gasteiger partial charge is 0.481 e. The molecule has 5 aromatic rings. The first kappa shape index (κ1) is 41.1. The summed E-state index contributed by atoms with van der Waals surface area (Å²) in [7, 11) is 0. The van der Waals surface area contributed by atoms with Crippen LogP contribution in [-0.2, 0) is 30.4 Å². The van der Waals surface area contributed by atoms with Gasteiger partial charge in [-0.15, -0.1) is 45.3 Å². The Kier molecular flexibility index (Phi) is 14.2. The number of nitrogens with one attached hydrogen (secondary N) is 2. The number of benzene rings is 1. The van der Waals surface area contributed by atoms with E-state index in [0.29, 0.717) is 16.9 Å². The minimum Gasteiger partial charge on any atom is -0.481 e. The van der Waals surface area contributed by atoms with E-state index >= 15 is 0 Å². The molecule has 1 unspecified atom stereocenters. The fourth-order valence-corrected chi connectivity index (χ4v) is 9.84. The van der Waals surface area contributed by atoms with Crippen molar-refractivity contribution in [1.29, 1.82) is 0 Å². The first-order chi connectivity index (χ1) is 26.3. The zero-order valence-corrected chi connectivity index (χ0v) is 33.1. The Bertz CT molecular complexity index is 2200. The van der Waals surface area contributed by atoms with E-state index in [2.05, 4.69) is 22.8 Å². The van der Waals surface area contributed by atoms with Gasteiger partial charge in [0.2, 0.25) is 5.91 Å². The number of carbonyl (C=O) groups excluding carboxylic acids is 5. The summed E-state index contributed by atoms with van der Waals surface area (Å²) in [5.74, 6) is -7.08. The lowest BCUT2D eigenvalue weighted by atomic mass is 9.92. The Labute approximate surface area is 333 Å². The fourth-order valence-electron chi connectivity index (χ4n) is 5.62. The van der Waals surface area contributed by atoms with Gasteiger partial charge < -0.3 is 20.8 Å². The van der Waals surface area contributed by atoms with E-state index < -0.39 is 66.0 Å². The maximum Gasteiger partial charge on any atom is 0.307 e. The van der Waals surface area contributed by atoms with E-state index in [1.165, 1.54) is 29.6 Å². The average Bonchev–Trinajstić information content (AvgIpc) is 3.99. The van der Waals surface area contributed by atoms with Crippen LogP contribution in [0.15, 0.2) is 78.9 Å². The number of Topliss-reactive ketones (excluding diaryl/α,β-unsaturated/α-hetero) is 3. The van der Waals surface area contributed by atoms with Gasteiger partial charge >= 0.3 is 11.9 Å². The van der Waals surface area contributed by atoms with Crippen molar-refractivity contribution in [3.05, 3.63) is 94.2 Å². The number of carbonyl (C=O) groups is 7. The Hall–Kier alpha value is -5.09. The van der Waals surface area contributed by atoms with E-state index in [-0.39, 0.29) is 25.2 Å². The topological polar surface area (TPSA) is 184 Å². The number of aliphatic carboxylic acids is 2. The Morgan fingerprint density at radius 1 is 0.655 bits per heavy atom. The number of rotatable bonds is 20. The fraction of sp³-hybridized carbons (Fsp3) is 0.275. The highest BCUT2D eigenvalue weighted by molar-refractivity contribution is 7.29. The number of amides is 2. The van der Waals surface area contributed by atoms with E-state index in [1.807, 2.05) is 37.3 Å². The summed E-state index contributed by atoms with van der Waals surface area (Å²) < 4.78 is 0. The van der Waals surface area contributed by atoms with Crippen molar-refractivity contribution in [1.82, 2.24) is 10.6 Å². The maximum atomic E-state index is 13.2. The summed E-state index contributed by atoms with van der Waals surface area (Å²) in [5, 5.41) is 23.8. The zero-order valence-electron chi connectivity index (χ0n) is 29.9. The normalized spacial score (nSPS) is 12.7. The van der Waals surface area contributed by atoms with Gasteiger partial charge in [0, 0.05) is 54.4 Å². The quantitative estimate of drug-likeness (QED) is 0.0572. The van der Waals surface area contributed by atoms with Crippen LogP contribution in [0.2, 0.25) is 0 Å². The lowest BCUT2D eigenvalue weighted by Crippen LogP contribution is -2.46. The predicted molar refractivity (Wildman–Crippen MR) is 215 cm³/mol. The number of hydrogen-bond acceptors (Lipinski definition) is 11. The van der Waals surface area contributed by atoms with Crippen LogP contribution in [0.1, 0.15) is 64.4 Å². The average molecular weight is 819 g/mol. The standard InChI is InChI=1S/C40H38N2O9S4/c1-3-27(44)29-9-10-30(52-29)31-11-12-32(53-31)33-13-14-34(54-33)35-15-16-36(55-35)39(49)41-21-25(43)17-22(2)38(48)42-26(18-23-7-5-4-6-8-23)28(45)19-24(40(50)51)20-37(46)47/h4-16,22,24,26H,3,17-21H2,1-2H3,(H,41,49)(H,42,48)(H,46,47)(H,50,51)/t22-,24+,26?/m1/s1. The molecule has 0 aliphatic heterocycles. The summed E-state index contributed by atoms with van der Waals surface area (Å²) >= 11 is 6.05. The van der Waals surface area contributed by atoms with Gasteiger partial charge in [0.15, 0.2) is 17.3 Å². The van der Waals surface area contributed by atoms with Gasteiger partial charge in [-0.05, 0) is 60.5 Å². The van der Waals surface area contributed by atoms with Gasteiger partial charge in [0.1, 0.15) is 0 Å². The Balaban J connectivity index is 1.14. The molecule has 15 heteroatoms. The molecule has 0 radical (unpaired) electrons. The smallest absolute Gasteiger partial charge is 0.307 e. The molecule has 55 heavy (non-hydrogen) atoms. The molecule has 0 fully saturated rings. The van der Waals surface area contributed by atoms with Gasteiger partial charge in [-0.1, -0.05) is 44.2 Å². The molecule has 2 amide bonds. The van der Waals surface area contributed by atoms with Crippen LogP contribution in [0.5, 0.6) is 0 Å². The minimum absolute atomic E-state index is 0.0473. The van der Waals surface area contributed by atoms with Crippen molar-refractivity contribution < 1.29 is 43.8 Å². The molecule has 4 aromatic heterocycles. The molecular weight excluding hydrogens is 781 g/mol. The second-order valence-electron chi connectivity index (χ2n) is 12.8. The molecule has 0 aliphatic carbocycles. The molecule has 3 atom stereocenters. The summed E-state index contributed by atoms with van der Waals surface area (Å²) in [5.41, 5.74) is 0.695. The van der Waals surface area contributed by atoms with Gasteiger partial charge in [-0.3, -0.25) is 33.6 Å². The van der Waals surface area contributed by atoms with E-state index in [0.717, 1.165) is 34.1 Å². The van der Waals surface area contributed by atoms with Crippen molar-refractivity contribution >= 4 is 86.4 Å². The van der Waals surface area contributed by atoms with Gasteiger partial charge in [-0.25, -0.2) is 0 Å². The molecule has 0 saturated heterocycles. The summed E-state index contributed by atoms with van der Waals surface area (Å²) in [6.45, 7) is 3.05. The highest BCUT2D eigenvalue weighted by Crippen LogP contribution is 2.43. The molecule has 4 heterocycles. The second kappa shape index (κ2) is 19.0. The molecular formula is C40H38N2O9S4. The number of ketones is 3. The van der Waals surface area contributed by atoms with Crippen molar-refractivity contribution in [3.8, 4) is 29.3 Å². The SMILES string of the molecule is CCC(=O)c1ccc(-c2ccc(-c3ccc(-c4ccc(C(=O)NCC(=O)C[C@@H](C)C(=O)NC(Cc5ccccc5)C(=O)C[C@@H](CC(=O)O)C(=O)O)s4)s3)s2)s1. The second-order valence-corrected chi connectivity index (χ2v) is 17.1. The van der Waals surface area contributed by atoms with Crippen LogP contribution >= 0.6 is 45.3 Å². The van der Waals surface area contributed by atoms with Crippen LogP contribution in [0.25, 0.3) is 29.3 Å². The highest BCUT2D eigenvalue weighted by atomic mass is 32.1. The van der Waals surface area contributed by atoms with Gasteiger partial charge in [-0.2, -0.15) is 0 Å².